The summed E-state index contributed by atoms with van der Waals surface area (Å²) in [5.41, 5.74) is -0.417. The number of ether oxygens (including phenoxy) is 1. The minimum absolute atomic E-state index is 0.0124. The fraction of sp³-hybridized carbons (Fsp3) is 0.833. The van der Waals surface area contributed by atoms with Gasteiger partial charge in [-0.1, -0.05) is 13.8 Å². The second kappa shape index (κ2) is 4.77. The maximum absolute atomic E-state index is 11.5. The Morgan fingerprint density at radius 3 is 2.67 bits per heavy atom. The standard InChI is InChI=1S/C12H20O3/c1-4-9(8-13)6-12(3)7-10(5-2)11(14)15-12/h8-10H,4-7H2,1-3H3/t9-,10-,12+/m1/s1. The summed E-state index contributed by atoms with van der Waals surface area (Å²) in [4.78, 5) is 22.2. The Balaban J connectivity index is 2.61. The first-order valence-corrected chi connectivity index (χ1v) is 5.72. The maximum Gasteiger partial charge on any atom is 0.309 e. The van der Waals surface area contributed by atoms with Crippen LogP contribution in [-0.2, 0) is 14.3 Å². The SMILES string of the molecule is CC[C@@H](C=O)C[C@@]1(C)C[C@@H](CC)C(=O)O1. The third-order valence-corrected chi connectivity index (χ3v) is 3.26. The molecule has 0 spiro atoms. The van der Waals surface area contributed by atoms with E-state index >= 15 is 0 Å². The summed E-state index contributed by atoms with van der Waals surface area (Å²) < 4.78 is 5.39. The molecule has 1 aliphatic rings. The highest BCUT2D eigenvalue weighted by molar-refractivity contribution is 5.75. The molecule has 1 fully saturated rings. The third-order valence-electron chi connectivity index (χ3n) is 3.26. The number of carbonyl (C=O) groups is 2. The number of aldehydes is 1. The summed E-state index contributed by atoms with van der Waals surface area (Å²) in [5, 5.41) is 0. The summed E-state index contributed by atoms with van der Waals surface area (Å²) in [6.07, 6.45) is 4.03. The van der Waals surface area contributed by atoms with Crippen LogP contribution in [0.3, 0.4) is 0 Å². The van der Waals surface area contributed by atoms with Crippen LogP contribution in [0.4, 0.5) is 0 Å². The highest BCUT2D eigenvalue weighted by Gasteiger charge is 2.43. The zero-order valence-electron chi connectivity index (χ0n) is 9.79. The lowest BCUT2D eigenvalue weighted by Gasteiger charge is -2.25. The van der Waals surface area contributed by atoms with Crippen molar-refractivity contribution >= 4 is 12.3 Å². The summed E-state index contributed by atoms with van der Waals surface area (Å²) in [7, 11) is 0. The van der Waals surface area contributed by atoms with Crippen LogP contribution < -0.4 is 0 Å². The minimum Gasteiger partial charge on any atom is -0.459 e. The van der Waals surface area contributed by atoms with Crippen molar-refractivity contribution in [2.75, 3.05) is 0 Å². The normalized spacial score (nSPS) is 32.5. The molecule has 0 bridgehead atoms. The van der Waals surface area contributed by atoms with Crippen LogP contribution in [0, 0.1) is 11.8 Å². The number of cyclic esters (lactones) is 1. The van der Waals surface area contributed by atoms with Crippen LogP contribution in [0.2, 0.25) is 0 Å². The van der Waals surface area contributed by atoms with Crippen LogP contribution in [-0.4, -0.2) is 17.9 Å². The first kappa shape index (κ1) is 12.2. The number of rotatable bonds is 5. The van der Waals surface area contributed by atoms with E-state index in [1.54, 1.807) is 0 Å². The molecule has 0 radical (unpaired) electrons. The second-order valence-corrected chi connectivity index (χ2v) is 4.69. The van der Waals surface area contributed by atoms with E-state index in [4.69, 9.17) is 4.74 Å². The number of hydrogen-bond acceptors (Lipinski definition) is 3. The highest BCUT2D eigenvalue weighted by atomic mass is 16.6. The lowest BCUT2D eigenvalue weighted by Crippen LogP contribution is -2.27. The Kier molecular flexibility index (Phi) is 3.89. The fourth-order valence-corrected chi connectivity index (χ4v) is 2.25. The molecule has 0 unspecified atom stereocenters. The Labute approximate surface area is 91.2 Å². The smallest absolute Gasteiger partial charge is 0.309 e. The number of esters is 1. The zero-order chi connectivity index (χ0) is 11.5. The molecule has 86 valence electrons. The first-order chi connectivity index (χ1) is 7.04. The molecular formula is C12H20O3. The average molecular weight is 212 g/mol. The summed E-state index contributed by atoms with van der Waals surface area (Å²) >= 11 is 0. The molecule has 0 aliphatic carbocycles. The molecule has 1 heterocycles. The van der Waals surface area contributed by atoms with Gasteiger partial charge in [-0.2, -0.15) is 0 Å². The Morgan fingerprint density at radius 2 is 2.27 bits per heavy atom. The van der Waals surface area contributed by atoms with Crippen molar-refractivity contribution in [1.82, 2.24) is 0 Å². The molecule has 15 heavy (non-hydrogen) atoms. The van der Waals surface area contributed by atoms with Gasteiger partial charge < -0.3 is 9.53 Å². The predicted octanol–water partition coefficient (Wildman–Crippen LogP) is 2.33. The third kappa shape index (κ3) is 2.80. The number of carbonyl (C=O) groups excluding carboxylic acids is 2. The van der Waals surface area contributed by atoms with E-state index in [9.17, 15) is 9.59 Å². The molecule has 1 aliphatic heterocycles. The van der Waals surface area contributed by atoms with Gasteiger partial charge in [-0.3, -0.25) is 4.79 Å². The molecule has 0 saturated carbocycles. The van der Waals surface area contributed by atoms with Crippen molar-refractivity contribution in [3.63, 3.8) is 0 Å². The van der Waals surface area contributed by atoms with Crippen molar-refractivity contribution in [1.29, 1.82) is 0 Å². The van der Waals surface area contributed by atoms with E-state index in [0.29, 0.717) is 6.42 Å². The summed E-state index contributed by atoms with van der Waals surface area (Å²) in [6.45, 7) is 5.91. The maximum atomic E-state index is 11.5. The van der Waals surface area contributed by atoms with Crippen molar-refractivity contribution in [3.05, 3.63) is 0 Å². The van der Waals surface area contributed by atoms with E-state index in [2.05, 4.69) is 0 Å². The molecule has 1 saturated heterocycles. The first-order valence-electron chi connectivity index (χ1n) is 5.72. The molecule has 3 heteroatoms. The molecule has 0 N–H and O–H groups in total. The van der Waals surface area contributed by atoms with E-state index < -0.39 is 5.60 Å². The lowest BCUT2D eigenvalue weighted by atomic mass is 9.85. The molecule has 0 amide bonds. The van der Waals surface area contributed by atoms with Gasteiger partial charge in [0.25, 0.3) is 0 Å². The fourth-order valence-electron chi connectivity index (χ4n) is 2.25. The highest BCUT2D eigenvalue weighted by Crippen LogP contribution is 2.37. The summed E-state index contributed by atoms with van der Waals surface area (Å²) in [5.74, 6) is -0.0571. The van der Waals surface area contributed by atoms with Crippen molar-refractivity contribution in [2.24, 2.45) is 11.8 Å². The van der Waals surface area contributed by atoms with Gasteiger partial charge in [0, 0.05) is 12.3 Å². The van der Waals surface area contributed by atoms with Crippen LogP contribution in [0.15, 0.2) is 0 Å². The Morgan fingerprint density at radius 1 is 1.60 bits per heavy atom. The predicted molar refractivity (Wildman–Crippen MR) is 57.4 cm³/mol. The molecule has 1 rings (SSSR count). The van der Waals surface area contributed by atoms with E-state index in [1.807, 2.05) is 20.8 Å². The summed E-state index contributed by atoms with van der Waals surface area (Å²) in [6, 6.07) is 0. The van der Waals surface area contributed by atoms with Crippen LogP contribution in [0.25, 0.3) is 0 Å². The van der Waals surface area contributed by atoms with Gasteiger partial charge in [0.1, 0.15) is 11.9 Å². The molecular weight excluding hydrogens is 192 g/mol. The molecule has 3 atom stereocenters. The minimum atomic E-state index is -0.417. The topological polar surface area (TPSA) is 43.4 Å². The van der Waals surface area contributed by atoms with Gasteiger partial charge in [0.15, 0.2) is 0 Å². The van der Waals surface area contributed by atoms with E-state index in [-0.39, 0.29) is 17.8 Å². The Hall–Kier alpha value is -0.860. The van der Waals surface area contributed by atoms with Crippen LogP contribution in [0.5, 0.6) is 0 Å². The number of hydrogen-bond donors (Lipinski definition) is 0. The van der Waals surface area contributed by atoms with Gasteiger partial charge >= 0.3 is 5.97 Å². The average Bonchev–Trinajstić information content (AvgIpc) is 2.50. The molecule has 0 aromatic heterocycles. The van der Waals surface area contributed by atoms with Crippen LogP contribution >= 0.6 is 0 Å². The molecule has 0 aromatic carbocycles. The quantitative estimate of drug-likeness (QED) is 0.519. The van der Waals surface area contributed by atoms with E-state index in [1.165, 1.54) is 0 Å². The largest absolute Gasteiger partial charge is 0.459 e. The van der Waals surface area contributed by atoms with Gasteiger partial charge in [-0.25, -0.2) is 0 Å². The van der Waals surface area contributed by atoms with Gasteiger partial charge in [-0.05, 0) is 26.2 Å². The van der Waals surface area contributed by atoms with Gasteiger partial charge in [-0.15, -0.1) is 0 Å². The van der Waals surface area contributed by atoms with Crippen LogP contribution in [0.1, 0.15) is 46.5 Å². The van der Waals surface area contributed by atoms with Crippen molar-refractivity contribution < 1.29 is 14.3 Å². The molecule has 3 nitrogen and oxygen atoms in total. The monoisotopic (exact) mass is 212 g/mol. The van der Waals surface area contributed by atoms with E-state index in [0.717, 1.165) is 25.5 Å². The zero-order valence-corrected chi connectivity index (χ0v) is 9.79. The molecule has 0 aromatic rings. The van der Waals surface area contributed by atoms with Crippen molar-refractivity contribution in [3.8, 4) is 0 Å². The van der Waals surface area contributed by atoms with Crippen molar-refractivity contribution in [2.45, 2.75) is 52.1 Å². The van der Waals surface area contributed by atoms with Gasteiger partial charge in [0.05, 0.1) is 5.92 Å². The second-order valence-electron chi connectivity index (χ2n) is 4.69. The van der Waals surface area contributed by atoms with Gasteiger partial charge in [0.2, 0.25) is 0 Å². The lowest BCUT2D eigenvalue weighted by molar-refractivity contribution is -0.151. The Bertz CT molecular complexity index is 249.